The zero-order valence-electron chi connectivity index (χ0n) is 15.0. The first kappa shape index (κ1) is 17.3. The summed E-state index contributed by atoms with van der Waals surface area (Å²) in [6.45, 7) is 5.49. The van der Waals surface area contributed by atoms with Crippen LogP contribution in [-0.2, 0) is 4.79 Å². The van der Waals surface area contributed by atoms with Crippen LogP contribution in [0.3, 0.4) is 0 Å². The topological polar surface area (TPSA) is 91.0 Å². The van der Waals surface area contributed by atoms with Crippen molar-refractivity contribution in [1.29, 1.82) is 5.26 Å². The number of hydrogen-bond donors (Lipinski definition) is 1. The van der Waals surface area contributed by atoms with Crippen molar-refractivity contribution in [2.24, 2.45) is 0 Å². The summed E-state index contributed by atoms with van der Waals surface area (Å²) in [7, 11) is 0. The SMILES string of the molecule is C=C1CCC(n2ncc3ccc(N4CCB(C#N)CC4)cc3c2=O)C(=O)N1. The van der Waals surface area contributed by atoms with E-state index in [-0.39, 0.29) is 18.2 Å². The zero-order valence-corrected chi connectivity index (χ0v) is 15.0. The van der Waals surface area contributed by atoms with Gasteiger partial charge in [0.15, 0.2) is 0 Å². The molecule has 1 atom stereocenters. The van der Waals surface area contributed by atoms with Crippen LogP contribution in [0.4, 0.5) is 5.69 Å². The smallest absolute Gasteiger partial charge is 0.275 e. The summed E-state index contributed by atoms with van der Waals surface area (Å²) in [5.41, 5.74) is 1.39. The van der Waals surface area contributed by atoms with Crippen LogP contribution in [0.1, 0.15) is 18.9 Å². The minimum atomic E-state index is -0.609. The van der Waals surface area contributed by atoms with E-state index in [0.717, 1.165) is 36.8 Å². The Balaban J connectivity index is 1.68. The van der Waals surface area contributed by atoms with Crippen LogP contribution < -0.4 is 15.8 Å². The second-order valence-corrected chi connectivity index (χ2v) is 7.20. The molecule has 0 saturated carbocycles. The molecule has 2 saturated heterocycles. The van der Waals surface area contributed by atoms with E-state index >= 15 is 0 Å². The van der Waals surface area contributed by atoms with Crippen LogP contribution in [0.2, 0.25) is 12.6 Å². The fourth-order valence-corrected chi connectivity index (χ4v) is 3.82. The summed E-state index contributed by atoms with van der Waals surface area (Å²) < 4.78 is 1.29. The molecule has 1 aromatic carbocycles. The van der Waals surface area contributed by atoms with Crippen molar-refractivity contribution in [3.05, 3.63) is 47.0 Å². The van der Waals surface area contributed by atoms with Gasteiger partial charge in [-0.2, -0.15) is 5.10 Å². The fourth-order valence-electron chi connectivity index (χ4n) is 3.82. The molecule has 8 heteroatoms. The number of nitrogens with zero attached hydrogens (tertiary/aromatic N) is 4. The Labute approximate surface area is 157 Å². The molecule has 1 N–H and O–H groups in total. The molecule has 1 unspecified atom stereocenters. The third-order valence-corrected chi connectivity index (χ3v) is 5.46. The number of nitriles is 1. The largest absolute Gasteiger partial charge is 0.373 e. The van der Waals surface area contributed by atoms with Gasteiger partial charge in [-0.1, -0.05) is 12.6 Å². The third-order valence-electron chi connectivity index (χ3n) is 5.46. The number of fused-ring (bicyclic) bond motifs is 1. The van der Waals surface area contributed by atoms with Crippen molar-refractivity contribution in [2.45, 2.75) is 31.5 Å². The van der Waals surface area contributed by atoms with Crippen LogP contribution >= 0.6 is 0 Å². The number of rotatable bonds is 2. The maximum atomic E-state index is 13.0. The molecule has 0 radical (unpaired) electrons. The number of benzene rings is 1. The van der Waals surface area contributed by atoms with Gasteiger partial charge in [-0.05, 0) is 37.6 Å². The first-order valence-electron chi connectivity index (χ1n) is 9.21. The van der Waals surface area contributed by atoms with Gasteiger partial charge in [0.05, 0.1) is 11.6 Å². The molecule has 2 aromatic rings. The number of piperidine rings is 1. The lowest BCUT2D eigenvalue weighted by Gasteiger charge is -2.30. The maximum absolute atomic E-state index is 13.0. The van der Waals surface area contributed by atoms with Crippen LogP contribution in [-0.4, -0.2) is 35.5 Å². The molecule has 0 spiro atoms. The van der Waals surface area contributed by atoms with Crippen LogP contribution in [0, 0.1) is 11.2 Å². The van der Waals surface area contributed by atoms with E-state index in [9.17, 15) is 9.59 Å². The van der Waals surface area contributed by atoms with Gasteiger partial charge in [-0.25, -0.2) is 9.94 Å². The summed E-state index contributed by atoms with van der Waals surface area (Å²) in [5.74, 6) is 2.09. The average molecular weight is 361 g/mol. The number of amides is 1. The number of carbonyl (C=O) groups excluding carboxylic acids is 1. The van der Waals surface area contributed by atoms with Crippen LogP contribution in [0.25, 0.3) is 10.8 Å². The number of carbonyl (C=O) groups is 1. The van der Waals surface area contributed by atoms with E-state index in [1.807, 2.05) is 18.2 Å². The molecule has 2 aliphatic heterocycles. The van der Waals surface area contributed by atoms with Gasteiger partial charge in [0, 0.05) is 35.8 Å². The Hall–Kier alpha value is -3.08. The monoisotopic (exact) mass is 361 g/mol. The first-order valence-corrected chi connectivity index (χ1v) is 9.21. The molecule has 7 nitrogen and oxygen atoms in total. The van der Waals surface area contributed by atoms with Crippen molar-refractivity contribution < 1.29 is 4.79 Å². The fraction of sp³-hybridized carbons (Fsp3) is 0.368. The highest BCUT2D eigenvalue weighted by Crippen LogP contribution is 2.25. The first-order chi connectivity index (χ1) is 13.1. The molecule has 4 rings (SSSR count). The summed E-state index contributed by atoms with van der Waals surface area (Å²) in [5, 5.41) is 17.3. The highest BCUT2D eigenvalue weighted by atomic mass is 16.2. The van der Waals surface area contributed by atoms with E-state index in [2.05, 4.69) is 27.9 Å². The number of hydrogen-bond acceptors (Lipinski definition) is 5. The molecule has 0 aliphatic carbocycles. The number of anilines is 1. The predicted molar refractivity (Wildman–Crippen MR) is 105 cm³/mol. The van der Waals surface area contributed by atoms with Gasteiger partial charge >= 0.3 is 0 Å². The minimum absolute atomic E-state index is 0.114. The van der Waals surface area contributed by atoms with Gasteiger partial charge in [-0.3, -0.25) is 9.59 Å². The minimum Gasteiger partial charge on any atom is -0.373 e. The third kappa shape index (κ3) is 3.21. The Morgan fingerprint density at radius 3 is 2.78 bits per heavy atom. The van der Waals surface area contributed by atoms with Crippen molar-refractivity contribution in [2.75, 3.05) is 18.0 Å². The van der Waals surface area contributed by atoms with Crippen LogP contribution in [0.5, 0.6) is 0 Å². The lowest BCUT2D eigenvalue weighted by molar-refractivity contribution is -0.125. The van der Waals surface area contributed by atoms with Crippen molar-refractivity contribution in [1.82, 2.24) is 15.1 Å². The van der Waals surface area contributed by atoms with E-state index < -0.39 is 6.04 Å². The molecule has 3 heterocycles. The Bertz CT molecular complexity index is 1020. The summed E-state index contributed by atoms with van der Waals surface area (Å²) in [4.78, 5) is 27.5. The van der Waals surface area contributed by atoms with Gasteiger partial charge in [0.25, 0.3) is 12.3 Å². The number of aromatic nitrogens is 2. The Kier molecular flexibility index (Phi) is 4.44. The number of nitrogens with one attached hydrogen (secondary N) is 1. The van der Waals surface area contributed by atoms with Crippen molar-refractivity contribution in [3.63, 3.8) is 0 Å². The molecule has 0 bridgehead atoms. The average Bonchev–Trinajstić information content (AvgIpc) is 2.69. The van der Waals surface area contributed by atoms with Gasteiger partial charge in [0.2, 0.25) is 5.91 Å². The predicted octanol–water partition coefficient (Wildman–Crippen LogP) is 1.74. The van der Waals surface area contributed by atoms with Gasteiger partial charge < -0.3 is 10.2 Å². The van der Waals surface area contributed by atoms with Gasteiger partial charge in [0.1, 0.15) is 6.04 Å². The highest BCUT2D eigenvalue weighted by Gasteiger charge is 2.28. The van der Waals surface area contributed by atoms with Crippen molar-refractivity contribution >= 4 is 29.1 Å². The van der Waals surface area contributed by atoms with E-state index in [0.29, 0.717) is 23.9 Å². The Morgan fingerprint density at radius 2 is 2.07 bits per heavy atom. The van der Waals surface area contributed by atoms with E-state index in [4.69, 9.17) is 5.26 Å². The normalized spacial score (nSPS) is 20.5. The second-order valence-electron chi connectivity index (χ2n) is 7.20. The van der Waals surface area contributed by atoms with Crippen LogP contribution in [0.15, 0.2) is 41.5 Å². The second kappa shape index (κ2) is 6.91. The maximum Gasteiger partial charge on any atom is 0.275 e. The standard InChI is InChI=1S/C19H20BN5O2/c1-13-2-5-17(18(26)23-13)25-19(27)16-10-15(4-3-14(16)11-22-25)24-8-6-20(12-21)7-9-24/h3-4,10-11,17H,1-2,5-9H2,(H,23,26). The summed E-state index contributed by atoms with van der Waals surface area (Å²) >= 11 is 0. The molecular weight excluding hydrogens is 341 g/mol. The number of allylic oxidation sites excluding steroid dienone is 1. The Morgan fingerprint density at radius 1 is 1.30 bits per heavy atom. The molecule has 136 valence electrons. The van der Waals surface area contributed by atoms with E-state index in [1.54, 1.807) is 6.20 Å². The summed E-state index contributed by atoms with van der Waals surface area (Å²) in [6.07, 6.45) is 4.46. The van der Waals surface area contributed by atoms with E-state index in [1.165, 1.54) is 4.68 Å². The lowest BCUT2D eigenvalue weighted by atomic mass is 9.45. The molecule has 2 fully saturated rings. The summed E-state index contributed by atoms with van der Waals surface area (Å²) in [6, 6.07) is 5.14. The quantitative estimate of drug-likeness (QED) is 0.823. The van der Waals surface area contributed by atoms with Gasteiger partial charge in [-0.15, -0.1) is 0 Å². The molecule has 1 amide bonds. The zero-order chi connectivity index (χ0) is 19.0. The van der Waals surface area contributed by atoms with Crippen molar-refractivity contribution in [3.8, 4) is 5.97 Å². The lowest BCUT2D eigenvalue weighted by Crippen LogP contribution is -2.41. The highest BCUT2D eigenvalue weighted by molar-refractivity contribution is 6.67. The molecule has 1 aromatic heterocycles. The molecule has 2 aliphatic rings. The molecule has 27 heavy (non-hydrogen) atoms. The molecular formula is C19H20BN5O2.